The molecule has 0 aromatic carbocycles. The maximum atomic E-state index is 11.8. The standard InChI is InChI=1S/C14H19N3O2/c1-8(2)17-9(3)6-11(10(17)4)7-12-13(18)16(5)14(19)15-12/h6-8H,1-5H3,(H,15,19)/b12-7+. The molecular formula is C14H19N3O2. The highest BCUT2D eigenvalue weighted by Gasteiger charge is 2.30. The zero-order valence-corrected chi connectivity index (χ0v) is 11.9. The van der Waals surface area contributed by atoms with E-state index in [0.29, 0.717) is 11.7 Å². The van der Waals surface area contributed by atoms with Gasteiger partial charge in [0.1, 0.15) is 5.70 Å². The molecule has 5 nitrogen and oxygen atoms in total. The van der Waals surface area contributed by atoms with Gasteiger partial charge in [-0.1, -0.05) is 0 Å². The minimum Gasteiger partial charge on any atom is -0.346 e. The number of urea groups is 1. The van der Waals surface area contributed by atoms with Crippen molar-refractivity contribution in [3.05, 3.63) is 28.7 Å². The first-order valence-electron chi connectivity index (χ1n) is 6.32. The van der Waals surface area contributed by atoms with E-state index < -0.39 is 0 Å². The zero-order valence-electron chi connectivity index (χ0n) is 11.9. The van der Waals surface area contributed by atoms with Gasteiger partial charge in [-0.2, -0.15) is 0 Å². The van der Waals surface area contributed by atoms with E-state index in [1.54, 1.807) is 6.08 Å². The molecule has 0 atom stereocenters. The van der Waals surface area contributed by atoms with E-state index in [1.807, 2.05) is 19.9 Å². The Labute approximate surface area is 112 Å². The van der Waals surface area contributed by atoms with Gasteiger partial charge >= 0.3 is 6.03 Å². The first-order chi connectivity index (χ1) is 8.82. The van der Waals surface area contributed by atoms with Crippen LogP contribution in [0.25, 0.3) is 6.08 Å². The second-order valence-electron chi connectivity index (χ2n) is 5.14. The summed E-state index contributed by atoms with van der Waals surface area (Å²) in [6, 6.07) is 2.01. The number of amides is 3. The van der Waals surface area contributed by atoms with Crippen LogP contribution in [-0.2, 0) is 4.79 Å². The minimum atomic E-state index is -0.381. The Kier molecular flexibility index (Phi) is 3.22. The summed E-state index contributed by atoms with van der Waals surface area (Å²) in [5, 5.41) is 2.58. The van der Waals surface area contributed by atoms with E-state index in [1.165, 1.54) is 7.05 Å². The molecule has 2 rings (SSSR count). The molecule has 1 aromatic rings. The molecule has 0 saturated carbocycles. The number of nitrogens with one attached hydrogen (secondary N) is 1. The predicted molar refractivity (Wildman–Crippen MR) is 73.6 cm³/mol. The Balaban J connectivity index is 2.43. The molecule has 102 valence electrons. The van der Waals surface area contributed by atoms with Gasteiger partial charge in [-0.25, -0.2) is 4.79 Å². The molecule has 3 amide bonds. The lowest BCUT2D eigenvalue weighted by atomic mass is 10.2. The molecule has 1 aliphatic rings. The summed E-state index contributed by atoms with van der Waals surface area (Å²) in [5.41, 5.74) is 3.53. The average Bonchev–Trinajstić information content (AvgIpc) is 2.72. The highest BCUT2D eigenvalue weighted by Crippen LogP contribution is 2.23. The van der Waals surface area contributed by atoms with Crippen LogP contribution in [0.15, 0.2) is 11.8 Å². The number of hydrogen-bond acceptors (Lipinski definition) is 2. The second kappa shape index (κ2) is 4.57. The molecule has 5 heteroatoms. The van der Waals surface area contributed by atoms with E-state index in [-0.39, 0.29) is 11.9 Å². The molecule has 1 aliphatic heterocycles. The van der Waals surface area contributed by atoms with Gasteiger partial charge in [0.25, 0.3) is 5.91 Å². The summed E-state index contributed by atoms with van der Waals surface area (Å²) >= 11 is 0. The first-order valence-corrected chi connectivity index (χ1v) is 6.32. The molecule has 0 spiro atoms. The number of nitrogens with zero attached hydrogens (tertiary/aromatic N) is 2. The molecule has 0 unspecified atom stereocenters. The molecule has 1 saturated heterocycles. The topological polar surface area (TPSA) is 54.3 Å². The average molecular weight is 261 g/mol. The van der Waals surface area contributed by atoms with E-state index in [4.69, 9.17) is 0 Å². The van der Waals surface area contributed by atoms with Crippen molar-refractivity contribution >= 4 is 18.0 Å². The van der Waals surface area contributed by atoms with Crippen molar-refractivity contribution in [1.29, 1.82) is 0 Å². The first kappa shape index (κ1) is 13.4. The number of carbonyl (C=O) groups excluding carboxylic acids is 2. The van der Waals surface area contributed by atoms with Crippen molar-refractivity contribution in [3.63, 3.8) is 0 Å². The summed E-state index contributed by atoms with van der Waals surface area (Å²) in [7, 11) is 1.47. The van der Waals surface area contributed by atoms with Crippen LogP contribution >= 0.6 is 0 Å². The zero-order chi connectivity index (χ0) is 14.3. The maximum Gasteiger partial charge on any atom is 0.328 e. The third kappa shape index (κ3) is 2.16. The molecule has 19 heavy (non-hydrogen) atoms. The smallest absolute Gasteiger partial charge is 0.328 e. The lowest BCUT2D eigenvalue weighted by Crippen LogP contribution is -2.25. The Morgan fingerprint density at radius 1 is 1.26 bits per heavy atom. The van der Waals surface area contributed by atoms with E-state index in [2.05, 4.69) is 23.7 Å². The lowest BCUT2D eigenvalue weighted by molar-refractivity contribution is -0.121. The van der Waals surface area contributed by atoms with Gasteiger partial charge in [0.2, 0.25) is 0 Å². The van der Waals surface area contributed by atoms with Crippen LogP contribution in [0.5, 0.6) is 0 Å². The Hall–Kier alpha value is -2.04. The Bertz CT molecular complexity index is 582. The highest BCUT2D eigenvalue weighted by atomic mass is 16.2. The van der Waals surface area contributed by atoms with Crippen molar-refractivity contribution in [2.45, 2.75) is 33.7 Å². The Morgan fingerprint density at radius 3 is 2.32 bits per heavy atom. The molecule has 2 heterocycles. The summed E-state index contributed by atoms with van der Waals surface area (Å²) in [4.78, 5) is 24.3. The van der Waals surface area contributed by atoms with Crippen molar-refractivity contribution in [1.82, 2.24) is 14.8 Å². The van der Waals surface area contributed by atoms with Gasteiger partial charge in [0.05, 0.1) is 0 Å². The molecule has 0 radical (unpaired) electrons. The molecule has 0 bridgehead atoms. The molecular weight excluding hydrogens is 242 g/mol. The normalized spacial score (nSPS) is 17.8. The van der Waals surface area contributed by atoms with Crippen molar-refractivity contribution < 1.29 is 9.59 Å². The lowest BCUT2D eigenvalue weighted by Gasteiger charge is -2.13. The minimum absolute atomic E-state index is 0.292. The fraction of sp³-hybridized carbons (Fsp3) is 0.429. The van der Waals surface area contributed by atoms with Crippen molar-refractivity contribution in [2.24, 2.45) is 0 Å². The largest absolute Gasteiger partial charge is 0.346 e. The van der Waals surface area contributed by atoms with Crippen LogP contribution in [-0.4, -0.2) is 28.5 Å². The molecule has 1 N–H and O–H groups in total. The van der Waals surface area contributed by atoms with E-state index in [0.717, 1.165) is 21.9 Å². The van der Waals surface area contributed by atoms with Crippen LogP contribution in [0, 0.1) is 13.8 Å². The number of carbonyl (C=O) groups is 2. The third-order valence-corrected chi connectivity index (χ3v) is 3.42. The van der Waals surface area contributed by atoms with Crippen molar-refractivity contribution in [2.75, 3.05) is 7.05 Å². The fourth-order valence-corrected chi connectivity index (χ4v) is 2.52. The van der Waals surface area contributed by atoms with E-state index in [9.17, 15) is 9.59 Å². The monoisotopic (exact) mass is 261 g/mol. The maximum absolute atomic E-state index is 11.8. The molecule has 0 aliphatic carbocycles. The van der Waals surface area contributed by atoms with Gasteiger partial charge in [0, 0.05) is 24.5 Å². The molecule has 1 fully saturated rings. The van der Waals surface area contributed by atoms with Crippen molar-refractivity contribution in [3.8, 4) is 0 Å². The summed E-state index contributed by atoms with van der Waals surface area (Å²) in [5.74, 6) is -0.292. The quantitative estimate of drug-likeness (QED) is 0.655. The number of hydrogen-bond donors (Lipinski definition) is 1. The summed E-state index contributed by atoms with van der Waals surface area (Å²) in [6.45, 7) is 8.29. The highest BCUT2D eigenvalue weighted by molar-refractivity contribution is 6.13. The second-order valence-corrected chi connectivity index (χ2v) is 5.14. The number of rotatable bonds is 2. The number of imide groups is 1. The van der Waals surface area contributed by atoms with Crippen LogP contribution in [0.4, 0.5) is 4.79 Å². The predicted octanol–water partition coefficient (Wildman–Crippen LogP) is 2.21. The SMILES string of the molecule is Cc1cc(/C=C2/NC(=O)N(C)C2=O)c(C)n1C(C)C. The van der Waals surface area contributed by atoms with Crippen LogP contribution in [0.2, 0.25) is 0 Å². The van der Waals surface area contributed by atoms with Gasteiger partial charge < -0.3 is 9.88 Å². The van der Waals surface area contributed by atoms with Crippen LogP contribution in [0.3, 0.4) is 0 Å². The third-order valence-electron chi connectivity index (χ3n) is 3.42. The van der Waals surface area contributed by atoms with Gasteiger partial charge in [-0.3, -0.25) is 9.69 Å². The fourth-order valence-electron chi connectivity index (χ4n) is 2.52. The van der Waals surface area contributed by atoms with E-state index >= 15 is 0 Å². The number of likely N-dealkylation sites (N-methyl/N-ethyl adjacent to an activating group) is 1. The summed E-state index contributed by atoms with van der Waals surface area (Å²) in [6.07, 6.45) is 1.74. The number of aryl methyl sites for hydroxylation is 1. The number of aromatic nitrogens is 1. The van der Waals surface area contributed by atoms with Crippen LogP contribution < -0.4 is 5.32 Å². The molecule has 1 aromatic heterocycles. The van der Waals surface area contributed by atoms with Crippen LogP contribution in [0.1, 0.15) is 36.8 Å². The summed E-state index contributed by atoms with van der Waals surface area (Å²) < 4.78 is 2.21. The Morgan fingerprint density at radius 2 is 1.89 bits per heavy atom. The van der Waals surface area contributed by atoms with Gasteiger partial charge in [-0.05, 0) is 45.4 Å². The van der Waals surface area contributed by atoms with Gasteiger partial charge in [-0.15, -0.1) is 0 Å². The van der Waals surface area contributed by atoms with Gasteiger partial charge in [0.15, 0.2) is 0 Å².